The van der Waals surface area contributed by atoms with E-state index in [-0.39, 0.29) is 11.2 Å². The maximum Gasteiger partial charge on any atom is 0.253 e. The fourth-order valence-corrected chi connectivity index (χ4v) is 3.35. The van der Waals surface area contributed by atoms with Crippen LogP contribution in [0.4, 0.5) is 0 Å². The van der Waals surface area contributed by atoms with Gasteiger partial charge in [-0.25, -0.2) is 0 Å². The third-order valence-electron chi connectivity index (χ3n) is 4.96. The summed E-state index contributed by atoms with van der Waals surface area (Å²) in [6.07, 6.45) is 3.81. The first kappa shape index (κ1) is 18.0. The van der Waals surface area contributed by atoms with Gasteiger partial charge in [-0.15, -0.1) is 0 Å². The Labute approximate surface area is 154 Å². The van der Waals surface area contributed by atoms with E-state index in [1.165, 1.54) is 0 Å². The lowest BCUT2D eigenvalue weighted by Crippen LogP contribution is -2.47. The van der Waals surface area contributed by atoms with E-state index in [1.54, 1.807) is 4.57 Å². The van der Waals surface area contributed by atoms with Crippen molar-refractivity contribution >= 4 is 11.6 Å². The lowest BCUT2D eigenvalue weighted by Gasteiger charge is -2.39. The van der Waals surface area contributed by atoms with Gasteiger partial charge in [0.25, 0.3) is 5.56 Å². The molecule has 0 N–H and O–H groups in total. The smallest absolute Gasteiger partial charge is 0.253 e. The van der Waals surface area contributed by atoms with E-state index in [4.69, 9.17) is 16.3 Å². The molecule has 0 spiro atoms. The standard InChI is InChI=1S/C20H25ClN2O2/c1-16-4-3-11-23(19(16)24)15-14-22-12-9-20(2,10-13-22)25-18-7-5-17(21)6-8-18/h3-8,11H,9-10,12-15H2,1-2H3. The van der Waals surface area contributed by atoms with Crippen molar-refractivity contribution in [3.05, 3.63) is 63.5 Å². The zero-order valence-corrected chi connectivity index (χ0v) is 15.6. The molecule has 1 aromatic heterocycles. The monoisotopic (exact) mass is 360 g/mol. The van der Waals surface area contributed by atoms with Crippen LogP contribution in [0.2, 0.25) is 5.02 Å². The van der Waals surface area contributed by atoms with Gasteiger partial charge in [-0.05, 0) is 57.0 Å². The topological polar surface area (TPSA) is 34.5 Å². The summed E-state index contributed by atoms with van der Waals surface area (Å²) in [6, 6.07) is 11.3. The highest BCUT2D eigenvalue weighted by Gasteiger charge is 2.31. The van der Waals surface area contributed by atoms with Crippen LogP contribution in [0.5, 0.6) is 5.75 Å². The molecule has 1 aliphatic rings. The molecule has 134 valence electrons. The first-order valence-electron chi connectivity index (χ1n) is 8.78. The largest absolute Gasteiger partial charge is 0.487 e. The van der Waals surface area contributed by atoms with Gasteiger partial charge in [0.1, 0.15) is 11.4 Å². The molecule has 1 saturated heterocycles. The summed E-state index contributed by atoms with van der Waals surface area (Å²) in [6.45, 7) is 7.61. The first-order chi connectivity index (χ1) is 12.0. The molecule has 0 saturated carbocycles. The van der Waals surface area contributed by atoms with Crippen molar-refractivity contribution in [3.63, 3.8) is 0 Å². The molecule has 5 heteroatoms. The van der Waals surface area contributed by atoms with E-state index in [2.05, 4.69) is 11.8 Å². The SMILES string of the molecule is Cc1cccn(CCN2CCC(C)(Oc3ccc(Cl)cc3)CC2)c1=O. The Bertz CT molecular complexity index is 762. The number of rotatable bonds is 5. The highest BCUT2D eigenvalue weighted by Crippen LogP contribution is 2.29. The molecule has 3 rings (SSSR count). The second-order valence-corrected chi connectivity index (χ2v) is 7.47. The van der Waals surface area contributed by atoms with Gasteiger partial charge < -0.3 is 14.2 Å². The number of aryl methyl sites for hydroxylation is 1. The fourth-order valence-electron chi connectivity index (χ4n) is 3.22. The maximum absolute atomic E-state index is 12.1. The van der Waals surface area contributed by atoms with Gasteiger partial charge in [0.2, 0.25) is 0 Å². The number of hydrogen-bond acceptors (Lipinski definition) is 3. The van der Waals surface area contributed by atoms with E-state index < -0.39 is 0 Å². The van der Waals surface area contributed by atoms with Crippen LogP contribution in [-0.4, -0.2) is 34.7 Å². The lowest BCUT2D eigenvalue weighted by molar-refractivity contribution is 0.0158. The summed E-state index contributed by atoms with van der Waals surface area (Å²) >= 11 is 5.93. The minimum absolute atomic E-state index is 0.107. The highest BCUT2D eigenvalue weighted by molar-refractivity contribution is 6.30. The van der Waals surface area contributed by atoms with Crippen LogP contribution in [0, 0.1) is 6.92 Å². The van der Waals surface area contributed by atoms with Gasteiger partial charge >= 0.3 is 0 Å². The molecule has 2 aromatic rings. The maximum atomic E-state index is 12.1. The number of aromatic nitrogens is 1. The van der Waals surface area contributed by atoms with Crippen molar-refractivity contribution in [3.8, 4) is 5.75 Å². The van der Waals surface area contributed by atoms with Crippen molar-refractivity contribution in [1.29, 1.82) is 0 Å². The molecule has 0 atom stereocenters. The van der Waals surface area contributed by atoms with Crippen molar-refractivity contribution < 1.29 is 4.74 Å². The van der Waals surface area contributed by atoms with Crippen LogP contribution in [0.3, 0.4) is 0 Å². The fraction of sp³-hybridized carbons (Fsp3) is 0.450. The molecule has 4 nitrogen and oxygen atoms in total. The van der Waals surface area contributed by atoms with Gasteiger partial charge in [0.05, 0.1) is 0 Å². The Morgan fingerprint density at radius 3 is 2.48 bits per heavy atom. The van der Waals surface area contributed by atoms with Crippen LogP contribution in [0.1, 0.15) is 25.3 Å². The Kier molecular flexibility index (Phi) is 5.50. The molecular formula is C20H25ClN2O2. The second kappa shape index (κ2) is 7.63. The number of hydrogen-bond donors (Lipinski definition) is 0. The predicted octanol–water partition coefficient (Wildman–Crippen LogP) is 3.74. The summed E-state index contributed by atoms with van der Waals surface area (Å²) < 4.78 is 8.00. The molecule has 0 unspecified atom stereocenters. The van der Waals surface area contributed by atoms with Crippen LogP contribution >= 0.6 is 11.6 Å². The van der Waals surface area contributed by atoms with Gasteiger partial charge in [-0.1, -0.05) is 17.7 Å². The minimum atomic E-state index is -0.148. The Hall–Kier alpha value is -1.78. The molecule has 0 amide bonds. The zero-order valence-electron chi connectivity index (χ0n) is 14.9. The quantitative estimate of drug-likeness (QED) is 0.814. The molecule has 0 aliphatic carbocycles. The summed E-state index contributed by atoms with van der Waals surface area (Å²) in [5.41, 5.74) is 0.755. The number of ether oxygens (including phenoxy) is 1. The number of piperidine rings is 1. The van der Waals surface area contributed by atoms with Gasteiger partial charge in [0.15, 0.2) is 0 Å². The molecule has 1 aromatic carbocycles. The van der Waals surface area contributed by atoms with E-state index in [0.29, 0.717) is 0 Å². The van der Waals surface area contributed by atoms with Crippen molar-refractivity contribution in [2.24, 2.45) is 0 Å². The van der Waals surface area contributed by atoms with Crippen LogP contribution in [0.25, 0.3) is 0 Å². The Morgan fingerprint density at radius 1 is 1.12 bits per heavy atom. The van der Waals surface area contributed by atoms with E-state index in [9.17, 15) is 4.79 Å². The molecule has 1 aliphatic heterocycles. The average molecular weight is 361 g/mol. The minimum Gasteiger partial charge on any atom is -0.487 e. The Balaban J connectivity index is 1.52. The third-order valence-corrected chi connectivity index (χ3v) is 5.21. The van der Waals surface area contributed by atoms with Gasteiger partial charge in [0, 0.05) is 43.0 Å². The number of nitrogens with zero attached hydrogens (tertiary/aromatic N) is 2. The van der Waals surface area contributed by atoms with E-state index in [1.807, 2.05) is 49.5 Å². The number of pyridine rings is 1. The van der Waals surface area contributed by atoms with E-state index >= 15 is 0 Å². The molecule has 25 heavy (non-hydrogen) atoms. The second-order valence-electron chi connectivity index (χ2n) is 7.04. The zero-order chi connectivity index (χ0) is 17.9. The lowest BCUT2D eigenvalue weighted by atomic mass is 9.93. The average Bonchev–Trinajstić information content (AvgIpc) is 2.60. The first-order valence-corrected chi connectivity index (χ1v) is 9.16. The number of likely N-dealkylation sites (tertiary alicyclic amines) is 1. The van der Waals surface area contributed by atoms with Crippen LogP contribution in [-0.2, 0) is 6.54 Å². The summed E-state index contributed by atoms with van der Waals surface area (Å²) in [5.74, 6) is 0.867. The van der Waals surface area contributed by atoms with Gasteiger partial charge in [-0.2, -0.15) is 0 Å². The van der Waals surface area contributed by atoms with Crippen molar-refractivity contribution in [1.82, 2.24) is 9.47 Å². The van der Waals surface area contributed by atoms with Crippen molar-refractivity contribution in [2.75, 3.05) is 19.6 Å². The molecule has 0 radical (unpaired) electrons. The normalized spacial score (nSPS) is 17.4. The van der Waals surface area contributed by atoms with E-state index in [0.717, 1.165) is 55.4 Å². The summed E-state index contributed by atoms with van der Waals surface area (Å²) in [5, 5.41) is 0.721. The third kappa shape index (κ3) is 4.65. The number of halogens is 1. The molecule has 0 bridgehead atoms. The van der Waals surface area contributed by atoms with Gasteiger partial charge in [-0.3, -0.25) is 4.79 Å². The molecular weight excluding hydrogens is 336 g/mol. The summed E-state index contributed by atoms with van der Waals surface area (Å²) in [4.78, 5) is 14.5. The van der Waals surface area contributed by atoms with Crippen LogP contribution in [0.15, 0.2) is 47.4 Å². The predicted molar refractivity (Wildman–Crippen MR) is 102 cm³/mol. The highest BCUT2D eigenvalue weighted by atomic mass is 35.5. The van der Waals surface area contributed by atoms with Crippen molar-refractivity contribution in [2.45, 2.75) is 38.8 Å². The van der Waals surface area contributed by atoms with Crippen LogP contribution < -0.4 is 10.3 Å². The summed E-state index contributed by atoms with van der Waals surface area (Å²) in [7, 11) is 0. The molecule has 1 fully saturated rings. The number of benzene rings is 1. The molecule has 2 heterocycles. The Morgan fingerprint density at radius 2 is 1.80 bits per heavy atom.